The Bertz CT molecular complexity index is 1660. The highest BCUT2D eigenvalue weighted by Gasteiger charge is 2.30. The maximum atomic E-state index is 13.5. The molecule has 63 heavy (non-hydrogen) atoms. The van der Waals surface area contributed by atoms with Crippen molar-refractivity contribution in [2.24, 2.45) is 29.4 Å². The van der Waals surface area contributed by atoms with Gasteiger partial charge in [0.25, 0.3) is 0 Å². The first-order valence-corrected chi connectivity index (χ1v) is 24.3. The fraction of sp³-hybridized carbons (Fsp3) is 0.717. The Balaban J connectivity index is 2.46. The van der Waals surface area contributed by atoms with Crippen molar-refractivity contribution in [3.63, 3.8) is 0 Å². The normalized spacial score (nSPS) is 12.5. The number of nitrogens with two attached hydrogens (primary N) is 1. The molecule has 0 spiro atoms. The van der Waals surface area contributed by atoms with Crippen molar-refractivity contribution in [2.45, 2.75) is 144 Å². The van der Waals surface area contributed by atoms with E-state index in [0.717, 1.165) is 24.8 Å². The van der Waals surface area contributed by atoms with Crippen molar-refractivity contribution in [3.8, 4) is 0 Å². The number of Topliss-reactive ketones (excluding diaryl/α,β-unsaturated/α-hetero) is 2. The van der Waals surface area contributed by atoms with Crippen molar-refractivity contribution in [1.82, 2.24) is 10.6 Å². The van der Waals surface area contributed by atoms with Gasteiger partial charge in [-0.1, -0.05) is 91.5 Å². The molecule has 0 saturated heterocycles. The molecular formula is C46H75N3O13S. The van der Waals surface area contributed by atoms with Gasteiger partial charge < -0.3 is 35.3 Å². The third-order valence-electron chi connectivity index (χ3n) is 10.1. The smallest absolute Gasteiger partial charge is 0.321 e. The van der Waals surface area contributed by atoms with Crippen LogP contribution in [0.15, 0.2) is 24.3 Å². The predicted octanol–water partition coefficient (Wildman–Crippen LogP) is 5.74. The number of rotatable bonds is 36. The summed E-state index contributed by atoms with van der Waals surface area (Å²) in [5.74, 6) is -4.13. The molecule has 358 valence electrons. The molecule has 0 saturated carbocycles. The third kappa shape index (κ3) is 28.8. The van der Waals surface area contributed by atoms with Crippen LogP contribution in [0.1, 0.15) is 136 Å². The number of primary amides is 1. The molecule has 3 amide bonds. The highest BCUT2D eigenvalue weighted by Crippen LogP contribution is 2.18. The zero-order valence-electron chi connectivity index (χ0n) is 38.5. The van der Waals surface area contributed by atoms with Crippen LogP contribution in [0.5, 0.6) is 0 Å². The van der Waals surface area contributed by atoms with E-state index in [2.05, 4.69) is 24.5 Å². The lowest BCUT2D eigenvalue weighted by atomic mass is 9.90. The van der Waals surface area contributed by atoms with Crippen LogP contribution < -0.4 is 16.4 Å². The minimum atomic E-state index is -3.73. The second-order valence-corrected chi connectivity index (χ2v) is 19.3. The molecule has 0 unspecified atom stereocenters. The molecule has 17 heteroatoms. The van der Waals surface area contributed by atoms with Gasteiger partial charge in [0.1, 0.15) is 24.7 Å². The minimum Gasteiger partial charge on any atom is -0.465 e. The van der Waals surface area contributed by atoms with E-state index < -0.39 is 51.4 Å². The molecule has 0 aliphatic heterocycles. The lowest BCUT2D eigenvalue weighted by Gasteiger charge is -2.24. The van der Waals surface area contributed by atoms with Gasteiger partial charge >= 0.3 is 23.9 Å². The van der Waals surface area contributed by atoms with Crippen molar-refractivity contribution in [1.29, 1.82) is 0 Å². The summed E-state index contributed by atoms with van der Waals surface area (Å²) in [5.41, 5.74) is 6.60. The molecule has 0 aromatic heterocycles. The maximum absolute atomic E-state index is 13.5. The average Bonchev–Trinajstić information content (AvgIpc) is 3.20. The van der Waals surface area contributed by atoms with Gasteiger partial charge in [0.2, 0.25) is 5.91 Å². The largest absolute Gasteiger partial charge is 0.465 e. The molecule has 1 rings (SSSR count). The first-order valence-electron chi connectivity index (χ1n) is 22.5. The number of urea groups is 1. The number of amides is 3. The van der Waals surface area contributed by atoms with Crippen molar-refractivity contribution in [2.75, 3.05) is 44.5 Å². The summed E-state index contributed by atoms with van der Waals surface area (Å²) in [5, 5.41) is 5.27. The predicted molar refractivity (Wildman–Crippen MR) is 239 cm³/mol. The number of hydrogen-bond donors (Lipinski definition) is 3. The summed E-state index contributed by atoms with van der Waals surface area (Å²) in [7, 11) is -3.73. The van der Waals surface area contributed by atoms with E-state index in [9.17, 15) is 42.0 Å². The Morgan fingerprint density at radius 3 is 1.95 bits per heavy atom. The molecule has 16 nitrogen and oxygen atoms in total. The van der Waals surface area contributed by atoms with Crippen molar-refractivity contribution >= 4 is 51.2 Å². The highest BCUT2D eigenvalue weighted by atomic mass is 32.2. The fourth-order valence-electron chi connectivity index (χ4n) is 6.33. The van der Waals surface area contributed by atoms with Crippen LogP contribution in [0, 0.1) is 23.7 Å². The summed E-state index contributed by atoms with van der Waals surface area (Å²) in [4.78, 5) is 86.9. The molecule has 1 aromatic rings. The number of ketones is 2. The molecule has 0 aliphatic rings. The van der Waals surface area contributed by atoms with Crippen LogP contribution in [0.4, 0.5) is 4.79 Å². The standard InChI is InChI=1S/C46H75N3O13S/c1-33(2)15-9-7-8-10-16-38(50)17-11-12-25-60-43(53)32-63(57,58)28-14-24-59-26-27-61-42(52)30-39(34(3)4)44(54)49-40(18-13-23-48-46(47)56)41(51)29-36-19-21-37(22-20-36)31-62-45(55)35(5)6/h19-22,33-35,39-40H,7-18,23-32H2,1-6H3,(H,49,54)(H3,47,48,56)/t39-,40-/m1/s1. The van der Waals surface area contributed by atoms with E-state index in [4.69, 9.17) is 24.7 Å². The molecule has 0 aliphatic carbocycles. The van der Waals surface area contributed by atoms with E-state index in [1.54, 1.807) is 52.0 Å². The number of carbonyl (C=O) groups is 7. The number of nitrogens with one attached hydrogen (secondary N) is 2. The van der Waals surface area contributed by atoms with Crippen LogP contribution >= 0.6 is 0 Å². The van der Waals surface area contributed by atoms with E-state index in [1.165, 1.54) is 12.8 Å². The van der Waals surface area contributed by atoms with Gasteiger partial charge in [-0.25, -0.2) is 13.2 Å². The number of carbonyl (C=O) groups excluding carboxylic acids is 7. The lowest BCUT2D eigenvalue weighted by molar-refractivity contribution is -0.149. The van der Waals surface area contributed by atoms with Crippen molar-refractivity contribution < 1.29 is 60.9 Å². The van der Waals surface area contributed by atoms with Gasteiger partial charge in [0, 0.05) is 32.4 Å². The molecule has 0 heterocycles. The Morgan fingerprint density at radius 2 is 1.32 bits per heavy atom. The van der Waals surface area contributed by atoms with E-state index in [1.807, 2.05) is 0 Å². The monoisotopic (exact) mass is 910 g/mol. The number of esters is 3. The number of unbranched alkanes of at least 4 members (excludes halogenated alkanes) is 4. The first kappa shape index (κ1) is 56.6. The van der Waals surface area contributed by atoms with Gasteiger partial charge in [-0.3, -0.25) is 28.8 Å². The number of ether oxygens (including phenoxy) is 4. The molecule has 1 aromatic carbocycles. The zero-order chi connectivity index (χ0) is 47.2. The molecule has 0 fully saturated rings. The van der Waals surface area contributed by atoms with Crippen LogP contribution in [0.25, 0.3) is 0 Å². The van der Waals surface area contributed by atoms with Gasteiger partial charge in [0.15, 0.2) is 15.6 Å². The SMILES string of the molecule is CC(C)CCCCCCC(=O)CCCCOC(=O)CS(=O)(=O)CCCOCCOC(=O)C[C@@H](C(=O)N[C@H](CCCNC(N)=O)C(=O)Cc1ccc(COC(=O)C(C)C)cc1)C(C)C. The van der Waals surface area contributed by atoms with Gasteiger partial charge in [-0.05, 0) is 61.5 Å². The van der Waals surface area contributed by atoms with Gasteiger partial charge in [-0.2, -0.15) is 0 Å². The van der Waals surface area contributed by atoms with Gasteiger partial charge in [-0.15, -0.1) is 0 Å². The van der Waals surface area contributed by atoms with E-state index in [0.29, 0.717) is 43.6 Å². The molecular weight excluding hydrogens is 835 g/mol. The first-order chi connectivity index (χ1) is 29.8. The van der Waals surface area contributed by atoms with Crippen LogP contribution in [0.2, 0.25) is 0 Å². The number of benzene rings is 1. The average molecular weight is 910 g/mol. The van der Waals surface area contributed by atoms with Crippen molar-refractivity contribution in [3.05, 3.63) is 35.4 Å². The van der Waals surface area contributed by atoms with E-state index >= 15 is 0 Å². The van der Waals surface area contributed by atoms with Gasteiger partial charge in [0.05, 0.1) is 43.3 Å². The summed E-state index contributed by atoms with van der Waals surface area (Å²) in [6.07, 6.45) is 7.90. The topological polar surface area (TPSA) is 241 Å². The highest BCUT2D eigenvalue weighted by molar-refractivity contribution is 7.92. The zero-order valence-corrected chi connectivity index (χ0v) is 39.4. The number of sulfone groups is 1. The summed E-state index contributed by atoms with van der Waals surface area (Å²) in [6.45, 7) is 11.7. The second kappa shape index (κ2) is 32.3. The summed E-state index contributed by atoms with van der Waals surface area (Å²) < 4.78 is 45.8. The van der Waals surface area contributed by atoms with Crippen LogP contribution in [0.3, 0.4) is 0 Å². The Morgan fingerprint density at radius 1 is 0.683 bits per heavy atom. The third-order valence-corrected chi connectivity index (χ3v) is 11.7. The molecule has 0 radical (unpaired) electrons. The number of hydrogen-bond acceptors (Lipinski definition) is 13. The Labute approximate surface area is 375 Å². The lowest BCUT2D eigenvalue weighted by Crippen LogP contribution is -2.46. The maximum Gasteiger partial charge on any atom is 0.321 e. The molecule has 2 atom stereocenters. The quantitative estimate of drug-likeness (QED) is 0.0414. The second-order valence-electron chi connectivity index (χ2n) is 17.1. The minimum absolute atomic E-state index is 0.00284. The summed E-state index contributed by atoms with van der Waals surface area (Å²) in [6, 6.07) is 5.37. The fourth-order valence-corrected chi connectivity index (χ4v) is 7.48. The summed E-state index contributed by atoms with van der Waals surface area (Å²) >= 11 is 0. The Hall–Kier alpha value is -4.38. The van der Waals surface area contributed by atoms with Crippen LogP contribution in [-0.4, -0.2) is 100 Å². The molecule has 0 bridgehead atoms. The molecule has 4 N–H and O–H groups in total. The van der Waals surface area contributed by atoms with Crippen LogP contribution in [-0.2, 0) is 70.6 Å². The van der Waals surface area contributed by atoms with E-state index in [-0.39, 0.29) is 100 Å². The Kier molecular flexibility index (Phi) is 29.0.